The molecule has 4 heteroatoms. The smallest absolute Gasteiger partial charge is 0.169 e. The Hall–Kier alpha value is -1.42. The number of nitrogens with zero attached hydrogens (tertiary/aromatic N) is 1. The summed E-state index contributed by atoms with van der Waals surface area (Å²) >= 11 is 0. The van der Waals surface area contributed by atoms with Crippen molar-refractivity contribution in [3.63, 3.8) is 0 Å². The van der Waals surface area contributed by atoms with E-state index in [1.807, 2.05) is 7.05 Å². The molecule has 2 rings (SSSR count). The van der Waals surface area contributed by atoms with Crippen LogP contribution >= 0.6 is 0 Å². The third-order valence-corrected chi connectivity index (χ3v) is 3.28. The fourth-order valence-corrected chi connectivity index (χ4v) is 2.34. The maximum atomic E-state index is 13.1. The Balaban J connectivity index is 2.21. The molecule has 0 saturated carbocycles. The van der Waals surface area contributed by atoms with E-state index in [0.29, 0.717) is 11.3 Å². The van der Waals surface area contributed by atoms with Crippen LogP contribution < -0.4 is 5.73 Å². The van der Waals surface area contributed by atoms with Gasteiger partial charge in [0.2, 0.25) is 0 Å². The van der Waals surface area contributed by atoms with Crippen molar-refractivity contribution >= 4 is 11.5 Å². The number of halogens is 1. The highest BCUT2D eigenvalue weighted by Gasteiger charge is 2.26. The number of ketones is 1. The third kappa shape index (κ3) is 2.64. The number of benzene rings is 1. The number of Topliss-reactive ketones (excluding diaryl/α,β-unsaturated/α-hetero) is 1. The van der Waals surface area contributed by atoms with Crippen molar-refractivity contribution in [3.05, 3.63) is 29.6 Å². The van der Waals surface area contributed by atoms with Crippen LogP contribution in [-0.2, 0) is 0 Å². The molecule has 1 aromatic rings. The van der Waals surface area contributed by atoms with Gasteiger partial charge < -0.3 is 10.6 Å². The summed E-state index contributed by atoms with van der Waals surface area (Å²) in [5.41, 5.74) is 6.42. The average molecular weight is 236 g/mol. The van der Waals surface area contributed by atoms with E-state index in [0.717, 1.165) is 25.9 Å². The van der Waals surface area contributed by atoms with Gasteiger partial charge >= 0.3 is 0 Å². The van der Waals surface area contributed by atoms with Gasteiger partial charge in [0.25, 0.3) is 0 Å². The van der Waals surface area contributed by atoms with Crippen LogP contribution in [0.25, 0.3) is 0 Å². The van der Waals surface area contributed by atoms with E-state index in [9.17, 15) is 9.18 Å². The van der Waals surface area contributed by atoms with E-state index < -0.39 is 5.82 Å². The van der Waals surface area contributed by atoms with Crippen molar-refractivity contribution < 1.29 is 9.18 Å². The van der Waals surface area contributed by atoms with Gasteiger partial charge in [0.15, 0.2) is 5.78 Å². The average Bonchev–Trinajstić information content (AvgIpc) is 2.31. The first-order chi connectivity index (χ1) is 8.08. The number of likely N-dealkylation sites (tertiary alicyclic amines) is 1. The second-order valence-electron chi connectivity index (χ2n) is 4.70. The molecule has 3 nitrogen and oxygen atoms in total. The second-order valence-corrected chi connectivity index (χ2v) is 4.70. The maximum absolute atomic E-state index is 13.1. The van der Waals surface area contributed by atoms with E-state index in [1.165, 1.54) is 18.2 Å². The largest absolute Gasteiger partial charge is 0.398 e. The fourth-order valence-electron chi connectivity index (χ4n) is 2.34. The normalized spacial score (nSPS) is 21.4. The molecule has 17 heavy (non-hydrogen) atoms. The molecular formula is C13H17FN2O. The number of hydrogen-bond donors (Lipinski definition) is 1. The zero-order chi connectivity index (χ0) is 12.4. The predicted molar refractivity (Wildman–Crippen MR) is 65.4 cm³/mol. The van der Waals surface area contributed by atoms with Crippen LogP contribution in [0, 0.1) is 11.7 Å². The molecule has 2 N–H and O–H groups in total. The lowest BCUT2D eigenvalue weighted by Gasteiger charge is -2.28. The lowest BCUT2D eigenvalue weighted by molar-refractivity contribution is 0.0843. The van der Waals surface area contributed by atoms with Crippen LogP contribution in [0.3, 0.4) is 0 Å². The molecular weight excluding hydrogens is 219 g/mol. The fraction of sp³-hybridized carbons (Fsp3) is 0.462. The number of anilines is 1. The molecule has 1 aromatic carbocycles. The summed E-state index contributed by atoms with van der Waals surface area (Å²) in [5, 5.41) is 0. The van der Waals surface area contributed by atoms with Gasteiger partial charge in [-0.15, -0.1) is 0 Å². The third-order valence-electron chi connectivity index (χ3n) is 3.28. The maximum Gasteiger partial charge on any atom is 0.169 e. The van der Waals surface area contributed by atoms with E-state index in [4.69, 9.17) is 5.73 Å². The van der Waals surface area contributed by atoms with E-state index in [-0.39, 0.29) is 11.7 Å². The quantitative estimate of drug-likeness (QED) is 0.630. The van der Waals surface area contributed by atoms with Crippen molar-refractivity contribution in [2.45, 2.75) is 12.8 Å². The van der Waals surface area contributed by atoms with Gasteiger partial charge in [-0.05, 0) is 44.6 Å². The molecule has 0 spiro atoms. The summed E-state index contributed by atoms with van der Waals surface area (Å²) in [4.78, 5) is 14.4. The number of nitrogen functional groups attached to an aromatic ring is 1. The summed E-state index contributed by atoms with van der Waals surface area (Å²) in [6.45, 7) is 1.75. The zero-order valence-corrected chi connectivity index (χ0v) is 9.95. The van der Waals surface area contributed by atoms with Crippen molar-refractivity contribution in [2.75, 3.05) is 25.9 Å². The minimum atomic E-state index is -0.410. The molecule has 0 radical (unpaired) electrons. The molecule has 0 bridgehead atoms. The van der Waals surface area contributed by atoms with Gasteiger partial charge in [-0.2, -0.15) is 0 Å². The molecule has 0 aromatic heterocycles. The van der Waals surface area contributed by atoms with Crippen molar-refractivity contribution in [1.82, 2.24) is 4.90 Å². The van der Waals surface area contributed by atoms with Crippen LogP contribution in [0.2, 0.25) is 0 Å². The number of nitrogens with two attached hydrogens (primary N) is 1. The van der Waals surface area contributed by atoms with E-state index in [2.05, 4.69) is 4.90 Å². The molecule has 0 aliphatic carbocycles. The molecule has 92 valence electrons. The summed E-state index contributed by atoms with van der Waals surface area (Å²) in [6, 6.07) is 3.97. The van der Waals surface area contributed by atoms with Crippen LogP contribution in [0.15, 0.2) is 18.2 Å². The molecule has 1 aliphatic heterocycles. The topological polar surface area (TPSA) is 46.3 Å². The van der Waals surface area contributed by atoms with E-state index in [1.54, 1.807) is 0 Å². The van der Waals surface area contributed by atoms with Gasteiger partial charge in [0.1, 0.15) is 5.82 Å². The Labute approximate surface area is 100 Å². The summed E-state index contributed by atoms with van der Waals surface area (Å²) < 4.78 is 13.1. The number of carbonyl (C=O) groups is 1. The highest BCUT2D eigenvalue weighted by molar-refractivity contribution is 6.02. The van der Waals surface area contributed by atoms with Crippen molar-refractivity contribution in [3.8, 4) is 0 Å². The Kier molecular flexibility index (Phi) is 3.43. The number of hydrogen-bond acceptors (Lipinski definition) is 3. The van der Waals surface area contributed by atoms with Gasteiger partial charge in [-0.1, -0.05) is 0 Å². The van der Waals surface area contributed by atoms with E-state index >= 15 is 0 Å². The number of piperidine rings is 1. The first-order valence-electron chi connectivity index (χ1n) is 5.85. The lowest BCUT2D eigenvalue weighted by Crippen LogP contribution is -2.36. The summed E-state index contributed by atoms with van der Waals surface area (Å²) in [5.74, 6) is -0.502. The predicted octanol–water partition coefficient (Wildman–Crippen LogP) is 1.93. The summed E-state index contributed by atoms with van der Waals surface area (Å²) in [7, 11) is 1.99. The van der Waals surface area contributed by atoms with Gasteiger partial charge in [0.05, 0.1) is 0 Å². The Bertz CT molecular complexity index is 433. The minimum absolute atomic E-state index is 0.0337. The Morgan fingerprint density at radius 1 is 1.53 bits per heavy atom. The van der Waals surface area contributed by atoms with Gasteiger partial charge in [-0.25, -0.2) is 4.39 Å². The van der Waals surface area contributed by atoms with Crippen LogP contribution in [0.4, 0.5) is 10.1 Å². The van der Waals surface area contributed by atoms with Crippen LogP contribution in [0.1, 0.15) is 23.2 Å². The second kappa shape index (κ2) is 4.84. The standard InChI is InChI=1S/C13H17FN2O/c1-16-6-2-3-9(8-16)13(17)11-7-10(14)4-5-12(11)15/h4-5,7,9H,2-3,6,8,15H2,1H3. The van der Waals surface area contributed by atoms with Crippen LogP contribution in [0.5, 0.6) is 0 Å². The highest BCUT2D eigenvalue weighted by atomic mass is 19.1. The molecule has 0 amide bonds. The molecule has 1 fully saturated rings. The highest BCUT2D eigenvalue weighted by Crippen LogP contribution is 2.23. The Morgan fingerprint density at radius 3 is 3.00 bits per heavy atom. The number of carbonyl (C=O) groups excluding carboxylic acids is 1. The van der Waals surface area contributed by atoms with Crippen molar-refractivity contribution in [2.24, 2.45) is 5.92 Å². The molecule has 1 saturated heterocycles. The molecule has 1 unspecified atom stereocenters. The van der Waals surface area contributed by atoms with Gasteiger partial charge in [-0.3, -0.25) is 4.79 Å². The first-order valence-corrected chi connectivity index (χ1v) is 5.85. The molecule has 1 atom stereocenters. The van der Waals surface area contributed by atoms with Gasteiger partial charge in [0, 0.05) is 23.7 Å². The molecule has 1 heterocycles. The molecule has 1 aliphatic rings. The van der Waals surface area contributed by atoms with Crippen LogP contribution in [-0.4, -0.2) is 30.8 Å². The van der Waals surface area contributed by atoms with Crippen molar-refractivity contribution in [1.29, 1.82) is 0 Å². The monoisotopic (exact) mass is 236 g/mol. The Morgan fingerprint density at radius 2 is 2.29 bits per heavy atom. The number of rotatable bonds is 2. The lowest BCUT2D eigenvalue weighted by atomic mass is 9.89. The first kappa shape index (κ1) is 12.0. The SMILES string of the molecule is CN1CCCC(C(=O)c2cc(F)ccc2N)C1. The zero-order valence-electron chi connectivity index (χ0n) is 9.95. The summed E-state index contributed by atoms with van der Waals surface area (Å²) in [6.07, 6.45) is 1.86. The minimum Gasteiger partial charge on any atom is -0.398 e.